The summed E-state index contributed by atoms with van der Waals surface area (Å²) in [4.78, 5) is 101. The molecule has 4 aliphatic carbocycles. The lowest BCUT2D eigenvalue weighted by Gasteiger charge is -2.39. The quantitative estimate of drug-likeness (QED) is 0.0146. The topological polar surface area (TPSA) is 524 Å². The standard InChI is InChI=1S/C31H63N2O26P5.C9H21NO8P2.4C2H4/c1-4-17-45-57-59-58-46-18-19-47-60(35,36)48-22-25(33-3)23-50-62(39,40)52-27-7-11-29(12-8-27)54-64(43,44)56-31-15-13-30(14-16-31)55-63(41,42)53-28-9-5-26(6-10-28)51-61(37,38)49-21-24(20-34)32-2;1-10-6-7-16-20(14,15)18-9-4-2-8(3-5-9)17-19(11,12)13;4*1-2/h4,17,24-34H,5-16,18-23H2,1-3H3,(H,35,36)(H,37,38)(H,39,40)(H,41,42)(H,43,44);8-10H,2-7H2,1H3,(H,14,15)(H2,11,12,13);4*1-2H2/p-7/b17-4+;;;;;. The summed E-state index contributed by atoms with van der Waals surface area (Å²) in [6.07, 6.45) is -0.644. The van der Waals surface area contributed by atoms with Crippen molar-refractivity contribution in [3.8, 4) is 0 Å². The fourth-order valence-electron chi connectivity index (χ4n) is 8.20. The first-order chi connectivity index (χ1) is 43.4. The van der Waals surface area contributed by atoms with Crippen molar-refractivity contribution in [3.63, 3.8) is 0 Å². The van der Waals surface area contributed by atoms with E-state index in [1.165, 1.54) is 20.2 Å². The Kier molecular flexibility index (Phi) is 51.7. The van der Waals surface area contributed by atoms with Crippen molar-refractivity contribution < 1.29 is 160 Å². The summed E-state index contributed by atoms with van der Waals surface area (Å²) in [6.45, 7) is 23.2. The predicted molar refractivity (Wildman–Crippen MR) is 315 cm³/mol. The predicted octanol–water partition coefficient (Wildman–Crippen LogP) is 3.58. The third-order valence-electron chi connectivity index (χ3n) is 12.4. The second kappa shape index (κ2) is 51.2. The first-order valence-corrected chi connectivity index (χ1v) is 38.7. The van der Waals surface area contributed by atoms with Crippen molar-refractivity contribution >= 4 is 54.8 Å². The number of nitrogens with one attached hydrogen (secondary N) is 3. The summed E-state index contributed by atoms with van der Waals surface area (Å²) in [7, 11) is -28.6. The maximum Gasteiger partial charge on any atom is 0.268 e. The Hall–Kier alpha value is -1.05. The molecule has 4 fully saturated rings. The van der Waals surface area contributed by atoms with Gasteiger partial charge in [0.1, 0.15) is 12.9 Å². The van der Waals surface area contributed by atoms with Crippen LogP contribution in [0.4, 0.5) is 0 Å². The smallest absolute Gasteiger partial charge is 0.268 e. The second-order valence-electron chi connectivity index (χ2n) is 19.0. The molecule has 0 aromatic carbocycles. The summed E-state index contributed by atoms with van der Waals surface area (Å²) in [5.74, 6) is 0. The number of rotatable bonds is 41. The van der Waals surface area contributed by atoms with Gasteiger partial charge in [-0.2, -0.15) is 0 Å². The van der Waals surface area contributed by atoms with Crippen molar-refractivity contribution in [2.24, 2.45) is 0 Å². The number of hydrogen-bond acceptors (Lipinski definition) is 36. The zero-order valence-corrected chi connectivity index (χ0v) is 58.4. The third-order valence-corrected chi connectivity index (χ3v) is 19.3. The summed E-state index contributed by atoms with van der Waals surface area (Å²) in [5.41, 5.74) is 0. The van der Waals surface area contributed by atoms with E-state index in [4.69, 9.17) is 55.2 Å². The van der Waals surface area contributed by atoms with Crippen molar-refractivity contribution in [1.29, 1.82) is 0 Å². The Balaban J connectivity index is 0. The van der Waals surface area contributed by atoms with E-state index in [2.05, 4.69) is 107 Å². The van der Waals surface area contributed by atoms with E-state index in [1.54, 1.807) is 14.0 Å². The molecule has 4 aliphatic rings. The average molecular weight is 1470 g/mol. The summed E-state index contributed by atoms with van der Waals surface area (Å²) < 4.78 is 148. The van der Waals surface area contributed by atoms with Crippen LogP contribution in [0.3, 0.4) is 0 Å². The molecular weight excluding hydrogens is 1380 g/mol. The minimum absolute atomic E-state index is 0.0143. The van der Waals surface area contributed by atoms with Crippen LogP contribution in [-0.2, 0) is 116 Å². The Bertz CT molecular complexity index is 2280. The largest absolute Gasteiger partial charge is 0.756 e. The van der Waals surface area contributed by atoms with E-state index in [-0.39, 0.29) is 110 Å². The highest BCUT2D eigenvalue weighted by atomic mass is 31.2. The lowest BCUT2D eigenvalue weighted by Crippen LogP contribution is -2.36. The van der Waals surface area contributed by atoms with Gasteiger partial charge in [0.15, 0.2) is 0 Å². The Morgan fingerprint density at radius 1 is 0.413 bits per heavy atom. The van der Waals surface area contributed by atoms with Gasteiger partial charge in [-0.25, -0.2) is 4.89 Å². The van der Waals surface area contributed by atoms with Gasteiger partial charge in [0.2, 0.25) is 0 Å². The van der Waals surface area contributed by atoms with E-state index in [0.717, 1.165) is 6.26 Å². The summed E-state index contributed by atoms with van der Waals surface area (Å²) >= 11 is 0. The first kappa shape index (κ1) is 93.0. The van der Waals surface area contributed by atoms with Crippen LogP contribution in [0.1, 0.15) is 110 Å². The highest BCUT2D eigenvalue weighted by molar-refractivity contribution is 7.47. The first-order valence-electron chi connectivity index (χ1n) is 28.5. The summed E-state index contributed by atoms with van der Waals surface area (Å²) in [6, 6.07) is -1.55. The molecule has 0 aromatic rings. The molecule has 9 atom stereocenters. The number of aliphatic hydroxyl groups excluding tert-OH is 1. The van der Waals surface area contributed by atoms with E-state index >= 15 is 0 Å². The van der Waals surface area contributed by atoms with Crippen LogP contribution in [0, 0.1) is 0 Å². The van der Waals surface area contributed by atoms with E-state index in [0.29, 0.717) is 19.4 Å². The Morgan fingerprint density at radius 2 is 0.707 bits per heavy atom. The van der Waals surface area contributed by atoms with Crippen LogP contribution in [-0.4, -0.2) is 145 Å². The van der Waals surface area contributed by atoms with Gasteiger partial charge < -0.3 is 124 Å². The molecule has 0 aromatic heterocycles. The molecule has 0 saturated heterocycles. The SMILES string of the molecule is C/C=C/OOOOOCCOP(=O)([O-])OCC(COP(=O)([O-])OC1CCC(OP(=O)([O-])OC2CCC(OP(=O)([O-])OC3CCC(OP(=O)([O-])OCC(CO)NC)CC3)CC2)CC1)NC.C=C.C=C.C=C.C=C.CNCCOP(=O)([O-])OC1CCC(OP(=O)([O-])O)CC1. The van der Waals surface area contributed by atoms with Gasteiger partial charge in [-0.1, -0.05) is 0 Å². The number of allylic oxidation sites excluding steroid dienone is 1. The van der Waals surface area contributed by atoms with Gasteiger partial charge in [0.25, 0.3) is 54.8 Å². The number of likely N-dealkylation sites (N-methyl/N-ethyl adjacent to an activating group) is 3. The van der Waals surface area contributed by atoms with Gasteiger partial charge in [-0.05, 0) is 142 Å². The Morgan fingerprint density at radius 3 is 1.01 bits per heavy atom. The van der Waals surface area contributed by atoms with E-state index in [9.17, 15) is 66.2 Å². The lowest BCUT2D eigenvalue weighted by molar-refractivity contribution is -0.700. The molecule has 0 radical (unpaired) electrons. The van der Waals surface area contributed by atoms with Gasteiger partial charge in [-0.3, -0.25) is 32.0 Å². The molecule has 5 N–H and O–H groups in total. The maximum absolute atomic E-state index is 12.8. The van der Waals surface area contributed by atoms with Crippen LogP contribution in [0.5, 0.6) is 0 Å². The van der Waals surface area contributed by atoms with Gasteiger partial charge >= 0.3 is 0 Å². The molecule has 44 heteroatoms. The molecule has 92 heavy (non-hydrogen) atoms. The third kappa shape index (κ3) is 47.0. The molecule has 546 valence electrons. The molecule has 4 rings (SSSR count). The van der Waals surface area contributed by atoms with Crippen LogP contribution < -0.4 is 50.2 Å². The monoisotopic (exact) mass is 1470 g/mol. The summed E-state index contributed by atoms with van der Waals surface area (Å²) in [5, 5.41) is 29.3. The molecule has 0 amide bonds. The molecule has 37 nitrogen and oxygen atoms in total. The fraction of sp³-hybridized carbons (Fsp3) is 0.792. The van der Waals surface area contributed by atoms with Crippen molar-refractivity contribution in [1.82, 2.24) is 16.0 Å². The fourth-order valence-corrected chi connectivity index (χ4v) is 14.9. The maximum atomic E-state index is 12.8. The average Bonchev–Trinajstić information content (AvgIpc) is 1.40. The Labute approximate surface area is 538 Å². The number of aliphatic hydroxyl groups is 1. The van der Waals surface area contributed by atoms with Crippen LogP contribution >= 0.6 is 54.8 Å². The minimum Gasteiger partial charge on any atom is -0.756 e. The molecule has 0 spiro atoms. The minimum atomic E-state index is -4.92. The van der Waals surface area contributed by atoms with E-state index < -0.39 is 142 Å². The van der Waals surface area contributed by atoms with Gasteiger partial charge in [0.05, 0.1) is 101 Å². The highest BCUT2D eigenvalue weighted by Gasteiger charge is 2.35. The molecule has 0 heterocycles. The van der Waals surface area contributed by atoms with Crippen molar-refractivity contribution in [2.75, 3.05) is 73.9 Å². The zero-order valence-electron chi connectivity index (χ0n) is 52.1. The van der Waals surface area contributed by atoms with Gasteiger partial charge in [0, 0.05) is 16.6 Å². The van der Waals surface area contributed by atoms with Crippen LogP contribution in [0.25, 0.3) is 0 Å². The molecule has 0 aliphatic heterocycles. The number of phosphoric acid groups is 7. The second-order valence-corrected chi connectivity index (χ2v) is 28.3. The molecule has 4 saturated carbocycles. The lowest BCUT2D eigenvalue weighted by atomic mass is 9.95. The number of hydrogen-bond donors (Lipinski definition) is 5. The van der Waals surface area contributed by atoms with Gasteiger partial charge in [-0.15, -0.1) is 52.6 Å². The zero-order chi connectivity index (χ0) is 70.5. The van der Waals surface area contributed by atoms with Crippen LogP contribution in [0.2, 0.25) is 0 Å². The number of phosphoric ester groups is 7. The molecule has 0 bridgehead atoms. The van der Waals surface area contributed by atoms with Crippen molar-refractivity contribution in [3.05, 3.63) is 65.0 Å². The van der Waals surface area contributed by atoms with Crippen molar-refractivity contribution in [2.45, 2.75) is 171 Å². The van der Waals surface area contributed by atoms with Crippen LogP contribution in [0.15, 0.2) is 65.0 Å². The molecular formula is C48H93N3O34P7-7. The normalized spacial score (nSPS) is 26.9. The highest BCUT2D eigenvalue weighted by Crippen LogP contribution is 2.51. The molecule has 9 unspecified atom stereocenters. The van der Waals surface area contributed by atoms with E-state index in [1.807, 2.05) is 0 Å².